The summed E-state index contributed by atoms with van der Waals surface area (Å²) in [5.74, 6) is -1.14. The second-order valence-corrected chi connectivity index (χ2v) is 5.65. The molecule has 0 aromatic heterocycles. The van der Waals surface area contributed by atoms with Crippen LogP contribution in [-0.2, 0) is 9.59 Å². The number of carboxylic acid groups (broad SMARTS) is 1. The van der Waals surface area contributed by atoms with Gasteiger partial charge in [0.05, 0.1) is 0 Å². The Bertz CT molecular complexity index is 293. The monoisotopic (exact) mass is 241 g/mol. The topological polar surface area (TPSA) is 66.4 Å². The molecule has 1 saturated carbocycles. The molecule has 4 heteroatoms. The highest BCUT2D eigenvalue weighted by Crippen LogP contribution is 2.36. The molecule has 0 aromatic rings. The minimum Gasteiger partial charge on any atom is -0.480 e. The van der Waals surface area contributed by atoms with Crippen molar-refractivity contribution < 1.29 is 14.7 Å². The van der Waals surface area contributed by atoms with Crippen LogP contribution in [0.4, 0.5) is 0 Å². The lowest BCUT2D eigenvalue weighted by atomic mass is 9.75. The molecule has 0 radical (unpaired) electrons. The van der Waals surface area contributed by atoms with Gasteiger partial charge in [0.25, 0.3) is 0 Å². The van der Waals surface area contributed by atoms with Crippen molar-refractivity contribution in [2.45, 2.75) is 58.9 Å². The summed E-state index contributed by atoms with van der Waals surface area (Å²) in [6, 6.07) is -0.777. The van der Waals surface area contributed by atoms with Crippen LogP contribution < -0.4 is 5.32 Å². The Balaban J connectivity index is 2.66. The predicted molar refractivity (Wildman–Crippen MR) is 65.6 cm³/mol. The lowest BCUT2D eigenvalue weighted by Gasteiger charge is -2.33. The molecule has 0 aliphatic heterocycles. The van der Waals surface area contributed by atoms with Gasteiger partial charge < -0.3 is 10.4 Å². The van der Waals surface area contributed by atoms with Gasteiger partial charge in [0, 0.05) is 5.41 Å². The molecule has 4 nitrogen and oxygen atoms in total. The molecule has 0 heterocycles. The van der Waals surface area contributed by atoms with E-state index in [9.17, 15) is 9.59 Å². The fraction of sp³-hybridized carbons (Fsp3) is 0.846. The van der Waals surface area contributed by atoms with Gasteiger partial charge in [-0.1, -0.05) is 40.0 Å². The standard InChI is InChI=1S/C13H23NO3/c1-9(2)10(11(15)16)14-12(17)13(3)7-5-4-6-8-13/h9-10H,4-8H2,1-3H3,(H,14,17)(H,15,16)/t10-/m0/s1. The molecular formula is C13H23NO3. The van der Waals surface area contributed by atoms with Gasteiger partial charge in [-0.25, -0.2) is 4.79 Å². The largest absolute Gasteiger partial charge is 0.480 e. The van der Waals surface area contributed by atoms with Gasteiger partial charge in [-0.05, 0) is 18.8 Å². The van der Waals surface area contributed by atoms with Gasteiger partial charge in [0.1, 0.15) is 6.04 Å². The fourth-order valence-electron chi connectivity index (χ4n) is 2.39. The van der Waals surface area contributed by atoms with Crippen molar-refractivity contribution in [1.29, 1.82) is 0 Å². The molecule has 0 aromatic carbocycles. The minimum absolute atomic E-state index is 0.0939. The SMILES string of the molecule is CC(C)[C@H](NC(=O)C1(C)CCCCC1)C(=O)O. The molecule has 1 atom stereocenters. The van der Waals surface area contributed by atoms with Crippen LogP contribution in [0.25, 0.3) is 0 Å². The molecule has 0 unspecified atom stereocenters. The van der Waals surface area contributed by atoms with Crippen molar-refractivity contribution in [2.75, 3.05) is 0 Å². The van der Waals surface area contributed by atoms with Crippen molar-refractivity contribution >= 4 is 11.9 Å². The summed E-state index contributed by atoms with van der Waals surface area (Å²) in [5.41, 5.74) is -0.374. The number of hydrogen-bond donors (Lipinski definition) is 2. The van der Waals surface area contributed by atoms with Crippen molar-refractivity contribution in [3.8, 4) is 0 Å². The third-order valence-electron chi connectivity index (χ3n) is 3.72. The second-order valence-electron chi connectivity index (χ2n) is 5.65. The van der Waals surface area contributed by atoms with Crippen LogP contribution in [0.3, 0.4) is 0 Å². The molecule has 17 heavy (non-hydrogen) atoms. The van der Waals surface area contributed by atoms with E-state index >= 15 is 0 Å². The normalized spacial score (nSPS) is 20.9. The Kier molecular flexibility index (Phi) is 4.54. The van der Waals surface area contributed by atoms with Crippen LogP contribution in [-0.4, -0.2) is 23.0 Å². The maximum atomic E-state index is 12.2. The van der Waals surface area contributed by atoms with E-state index in [2.05, 4.69) is 5.32 Å². The minimum atomic E-state index is -0.951. The lowest BCUT2D eigenvalue weighted by molar-refractivity contribution is -0.145. The van der Waals surface area contributed by atoms with Gasteiger partial charge in [0.2, 0.25) is 5.91 Å². The highest BCUT2D eigenvalue weighted by Gasteiger charge is 2.37. The molecule has 2 N–H and O–H groups in total. The third-order valence-corrected chi connectivity index (χ3v) is 3.72. The van der Waals surface area contributed by atoms with E-state index in [0.29, 0.717) is 0 Å². The van der Waals surface area contributed by atoms with E-state index in [-0.39, 0.29) is 17.2 Å². The quantitative estimate of drug-likeness (QED) is 0.792. The molecule has 1 fully saturated rings. The van der Waals surface area contributed by atoms with Crippen LogP contribution in [0.5, 0.6) is 0 Å². The number of hydrogen-bond acceptors (Lipinski definition) is 2. The first-order valence-electron chi connectivity index (χ1n) is 6.40. The number of rotatable bonds is 4. The Morgan fingerprint density at radius 3 is 2.12 bits per heavy atom. The Hall–Kier alpha value is -1.06. The van der Waals surface area contributed by atoms with E-state index in [1.165, 1.54) is 6.42 Å². The number of carbonyl (C=O) groups is 2. The molecule has 98 valence electrons. The van der Waals surface area contributed by atoms with Crippen LogP contribution >= 0.6 is 0 Å². The highest BCUT2D eigenvalue weighted by molar-refractivity contribution is 5.87. The summed E-state index contributed by atoms with van der Waals surface area (Å²) in [6.45, 7) is 5.56. The Labute approximate surface area is 103 Å². The summed E-state index contributed by atoms with van der Waals surface area (Å²) in [6.07, 6.45) is 5.02. The Morgan fingerprint density at radius 1 is 1.18 bits per heavy atom. The first kappa shape index (κ1) is 14.0. The molecule has 0 spiro atoms. The van der Waals surface area contributed by atoms with Crippen LogP contribution in [0.2, 0.25) is 0 Å². The number of nitrogens with one attached hydrogen (secondary N) is 1. The lowest BCUT2D eigenvalue weighted by Crippen LogP contribution is -2.50. The van der Waals surface area contributed by atoms with Gasteiger partial charge in [0.15, 0.2) is 0 Å². The molecule has 1 aliphatic rings. The Morgan fingerprint density at radius 2 is 1.71 bits per heavy atom. The molecule has 1 rings (SSSR count). The average molecular weight is 241 g/mol. The fourth-order valence-corrected chi connectivity index (χ4v) is 2.39. The van der Waals surface area contributed by atoms with E-state index in [1.54, 1.807) is 0 Å². The van der Waals surface area contributed by atoms with Gasteiger partial charge in [-0.2, -0.15) is 0 Å². The van der Waals surface area contributed by atoms with E-state index < -0.39 is 12.0 Å². The first-order valence-corrected chi connectivity index (χ1v) is 6.40. The molecule has 1 amide bonds. The van der Waals surface area contributed by atoms with Gasteiger partial charge >= 0.3 is 5.97 Å². The van der Waals surface area contributed by atoms with E-state index in [0.717, 1.165) is 25.7 Å². The molecule has 0 saturated heterocycles. The van der Waals surface area contributed by atoms with Crippen molar-refractivity contribution in [1.82, 2.24) is 5.32 Å². The number of carbonyl (C=O) groups excluding carboxylic acids is 1. The average Bonchev–Trinajstić information content (AvgIpc) is 2.25. The number of aliphatic carboxylic acids is 1. The summed E-state index contributed by atoms with van der Waals surface area (Å²) in [7, 11) is 0. The van der Waals surface area contributed by atoms with Crippen LogP contribution in [0.15, 0.2) is 0 Å². The zero-order valence-corrected chi connectivity index (χ0v) is 11.0. The van der Waals surface area contributed by atoms with Crippen molar-refractivity contribution in [3.05, 3.63) is 0 Å². The van der Waals surface area contributed by atoms with Crippen LogP contribution in [0.1, 0.15) is 52.9 Å². The van der Waals surface area contributed by atoms with E-state index in [1.807, 2.05) is 20.8 Å². The summed E-state index contributed by atoms with van der Waals surface area (Å²) >= 11 is 0. The second kappa shape index (κ2) is 5.52. The zero-order valence-electron chi connectivity index (χ0n) is 11.0. The van der Waals surface area contributed by atoms with Crippen LogP contribution in [0, 0.1) is 11.3 Å². The zero-order chi connectivity index (χ0) is 13.1. The van der Waals surface area contributed by atoms with Gasteiger partial charge in [-0.15, -0.1) is 0 Å². The molecular weight excluding hydrogens is 218 g/mol. The highest BCUT2D eigenvalue weighted by atomic mass is 16.4. The molecule has 1 aliphatic carbocycles. The summed E-state index contributed by atoms with van der Waals surface area (Å²) in [4.78, 5) is 23.2. The van der Waals surface area contributed by atoms with E-state index in [4.69, 9.17) is 5.11 Å². The number of carboxylic acids is 1. The summed E-state index contributed by atoms with van der Waals surface area (Å²) in [5, 5.41) is 11.7. The predicted octanol–water partition coefficient (Wildman–Crippen LogP) is 2.18. The smallest absolute Gasteiger partial charge is 0.326 e. The maximum Gasteiger partial charge on any atom is 0.326 e. The van der Waals surface area contributed by atoms with Gasteiger partial charge in [-0.3, -0.25) is 4.79 Å². The number of amides is 1. The third kappa shape index (κ3) is 3.45. The molecule has 0 bridgehead atoms. The first-order chi connectivity index (χ1) is 7.87. The summed E-state index contributed by atoms with van der Waals surface area (Å²) < 4.78 is 0. The van der Waals surface area contributed by atoms with Crippen molar-refractivity contribution in [2.24, 2.45) is 11.3 Å². The maximum absolute atomic E-state index is 12.2. The van der Waals surface area contributed by atoms with Crippen molar-refractivity contribution in [3.63, 3.8) is 0 Å².